The van der Waals surface area contributed by atoms with Crippen molar-refractivity contribution in [1.29, 1.82) is 0 Å². The van der Waals surface area contributed by atoms with Crippen LogP contribution in [0.1, 0.15) is 59.3 Å². The van der Waals surface area contributed by atoms with E-state index in [2.05, 4.69) is 0 Å². The van der Waals surface area contributed by atoms with Gasteiger partial charge in [-0.05, 0) is 40.0 Å². The largest absolute Gasteiger partial charge is 0.478 e. The van der Waals surface area contributed by atoms with Crippen molar-refractivity contribution in [2.75, 3.05) is 19.8 Å². The van der Waals surface area contributed by atoms with E-state index in [1.165, 1.54) is 0 Å². The molecule has 0 aromatic heterocycles. The van der Waals surface area contributed by atoms with Crippen molar-refractivity contribution in [1.82, 2.24) is 0 Å². The molecule has 7 nitrogen and oxygen atoms in total. The van der Waals surface area contributed by atoms with E-state index in [-0.39, 0.29) is 31.0 Å². The van der Waals surface area contributed by atoms with Gasteiger partial charge in [0.05, 0.1) is 25.4 Å². The van der Waals surface area contributed by atoms with Crippen molar-refractivity contribution in [2.45, 2.75) is 65.4 Å². The van der Waals surface area contributed by atoms with Gasteiger partial charge in [-0.25, -0.2) is 14.4 Å². The number of hydrogen-bond donors (Lipinski definition) is 0. The van der Waals surface area contributed by atoms with Gasteiger partial charge in [-0.1, -0.05) is 12.8 Å². The van der Waals surface area contributed by atoms with Gasteiger partial charge < -0.3 is 18.9 Å². The minimum atomic E-state index is -1.32. The Hall–Kier alpha value is -2.31. The van der Waals surface area contributed by atoms with Crippen LogP contribution in [-0.4, -0.2) is 43.8 Å². The Labute approximate surface area is 159 Å². The van der Waals surface area contributed by atoms with Crippen LogP contribution < -0.4 is 0 Å². The molecule has 2 aliphatic rings. The smallest absolute Gasteiger partial charge is 0.352 e. The van der Waals surface area contributed by atoms with Gasteiger partial charge in [0, 0.05) is 12.0 Å². The first-order chi connectivity index (χ1) is 13.0. The van der Waals surface area contributed by atoms with E-state index in [9.17, 15) is 14.4 Å². The summed E-state index contributed by atoms with van der Waals surface area (Å²) >= 11 is 0. The molecule has 1 heterocycles. The fourth-order valence-electron chi connectivity index (χ4n) is 3.36. The van der Waals surface area contributed by atoms with E-state index in [4.69, 9.17) is 18.9 Å². The number of hydrogen-bond acceptors (Lipinski definition) is 7. The third-order valence-electron chi connectivity index (χ3n) is 4.49. The van der Waals surface area contributed by atoms with Gasteiger partial charge in [0.25, 0.3) is 0 Å². The van der Waals surface area contributed by atoms with Crippen LogP contribution in [0.4, 0.5) is 0 Å². The molecule has 0 fully saturated rings. The molecule has 0 amide bonds. The molecule has 0 saturated heterocycles. The predicted molar refractivity (Wildman–Crippen MR) is 96.5 cm³/mol. The Kier molecular flexibility index (Phi) is 7.88. The van der Waals surface area contributed by atoms with Gasteiger partial charge in [-0.3, -0.25) is 0 Å². The summed E-state index contributed by atoms with van der Waals surface area (Å²) in [4.78, 5) is 37.9. The van der Waals surface area contributed by atoms with Gasteiger partial charge in [0.2, 0.25) is 6.10 Å². The van der Waals surface area contributed by atoms with E-state index in [0.29, 0.717) is 24.2 Å². The molecule has 0 saturated carbocycles. The topological polar surface area (TPSA) is 88.1 Å². The normalized spacial score (nSPS) is 20.0. The molecule has 0 spiro atoms. The second-order valence-electron chi connectivity index (χ2n) is 6.30. The lowest BCUT2D eigenvalue weighted by Gasteiger charge is -2.31. The van der Waals surface area contributed by atoms with Crippen LogP contribution in [0.15, 0.2) is 22.5 Å². The standard InChI is InChI=1S/C20H28O7/c1-4-24-18(21)15-13-11-9-7-8-10-12-14(13)27-17(20(23)26-6-3)16(15)19(22)25-5-2/h17H,4-12H2,1-3H3. The molecular weight excluding hydrogens is 352 g/mol. The van der Waals surface area contributed by atoms with Crippen molar-refractivity contribution in [3.05, 3.63) is 22.5 Å². The first-order valence-corrected chi connectivity index (χ1v) is 9.69. The number of carbonyl (C=O) groups is 3. The van der Waals surface area contributed by atoms with Crippen LogP contribution in [0.3, 0.4) is 0 Å². The number of ether oxygens (including phenoxy) is 4. The minimum Gasteiger partial charge on any atom is -0.478 e. The van der Waals surface area contributed by atoms with Crippen molar-refractivity contribution in [2.24, 2.45) is 0 Å². The first kappa shape index (κ1) is 21.0. The molecule has 150 valence electrons. The maximum atomic E-state index is 12.8. The Morgan fingerprint density at radius 1 is 0.852 bits per heavy atom. The summed E-state index contributed by atoms with van der Waals surface area (Å²) in [5, 5.41) is 0. The molecule has 7 heteroatoms. The van der Waals surface area contributed by atoms with Crippen LogP contribution >= 0.6 is 0 Å². The molecule has 1 aliphatic carbocycles. The van der Waals surface area contributed by atoms with Gasteiger partial charge in [-0.2, -0.15) is 0 Å². The fraction of sp³-hybridized carbons (Fsp3) is 0.650. The van der Waals surface area contributed by atoms with Gasteiger partial charge in [0.1, 0.15) is 11.3 Å². The summed E-state index contributed by atoms with van der Waals surface area (Å²) in [6.45, 7) is 5.42. The summed E-state index contributed by atoms with van der Waals surface area (Å²) in [6.07, 6.45) is 3.70. The average Bonchev–Trinajstić information content (AvgIpc) is 2.61. The minimum absolute atomic E-state index is 0.108. The lowest BCUT2D eigenvalue weighted by atomic mass is 9.86. The van der Waals surface area contributed by atoms with Crippen molar-refractivity contribution in [3.8, 4) is 0 Å². The molecule has 2 rings (SSSR count). The zero-order valence-electron chi connectivity index (χ0n) is 16.3. The maximum absolute atomic E-state index is 12.8. The summed E-state index contributed by atoms with van der Waals surface area (Å²) in [6, 6.07) is 0. The summed E-state index contributed by atoms with van der Waals surface area (Å²) in [5.74, 6) is -1.53. The number of carbonyl (C=O) groups excluding carboxylic acids is 3. The zero-order chi connectivity index (χ0) is 19.8. The number of allylic oxidation sites excluding steroid dienone is 1. The molecule has 27 heavy (non-hydrogen) atoms. The molecule has 0 aromatic carbocycles. The fourth-order valence-corrected chi connectivity index (χ4v) is 3.36. The van der Waals surface area contributed by atoms with Crippen LogP contribution in [0.25, 0.3) is 0 Å². The third-order valence-corrected chi connectivity index (χ3v) is 4.49. The Bertz CT molecular complexity index is 645. The number of rotatable bonds is 6. The first-order valence-electron chi connectivity index (χ1n) is 9.69. The molecule has 1 aliphatic heterocycles. The van der Waals surface area contributed by atoms with E-state index < -0.39 is 24.0 Å². The molecule has 0 N–H and O–H groups in total. The summed E-state index contributed by atoms with van der Waals surface area (Å²) < 4.78 is 21.3. The van der Waals surface area contributed by atoms with Gasteiger partial charge in [-0.15, -0.1) is 0 Å². The van der Waals surface area contributed by atoms with E-state index in [1.54, 1.807) is 20.8 Å². The lowest BCUT2D eigenvalue weighted by molar-refractivity contribution is -0.156. The predicted octanol–water partition coefficient (Wildman–Crippen LogP) is 2.98. The highest BCUT2D eigenvalue weighted by molar-refractivity contribution is 6.08. The van der Waals surface area contributed by atoms with Crippen molar-refractivity contribution in [3.63, 3.8) is 0 Å². The van der Waals surface area contributed by atoms with Crippen molar-refractivity contribution < 1.29 is 33.3 Å². The SMILES string of the molecule is CCOC(=O)C1=C(C(=O)OCC)C(C(=O)OCC)OC2=C1CCCCCC2. The molecule has 0 bridgehead atoms. The highest BCUT2D eigenvalue weighted by atomic mass is 16.6. The number of esters is 3. The highest BCUT2D eigenvalue weighted by Gasteiger charge is 2.43. The quantitative estimate of drug-likeness (QED) is 0.517. The van der Waals surface area contributed by atoms with Crippen LogP contribution in [0, 0.1) is 0 Å². The molecule has 1 unspecified atom stereocenters. The summed E-state index contributed by atoms with van der Waals surface area (Å²) in [7, 11) is 0. The van der Waals surface area contributed by atoms with E-state index >= 15 is 0 Å². The van der Waals surface area contributed by atoms with Crippen LogP contribution in [0.5, 0.6) is 0 Å². The maximum Gasteiger partial charge on any atom is 0.352 e. The zero-order valence-corrected chi connectivity index (χ0v) is 16.3. The molecule has 1 atom stereocenters. The Balaban J connectivity index is 2.62. The third kappa shape index (κ3) is 4.90. The second kappa shape index (κ2) is 10.1. The van der Waals surface area contributed by atoms with E-state index in [1.807, 2.05) is 0 Å². The average molecular weight is 380 g/mol. The second-order valence-corrected chi connectivity index (χ2v) is 6.30. The molecule has 0 radical (unpaired) electrons. The van der Waals surface area contributed by atoms with Gasteiger partial charge in [0.15, 0.2) is 0 Å². The van der Waals surface area contributed by atoms with E-state index in [0.717, 1.165) is 25.7 Å². The Morgan fingerprint density at radius 2 is 1.44 bits per heavy atom. The molecule has 0 aromatic rings. The highest BCUT2D eigenvalue weighted by Crippen LogP contribution is 2.38. The Morgan fingerprint density at radius 3 is 2.07 bits per heavy atom. The monoisotopic (exact) mass is 380 g/mol. The van der Waals surface area contributed by atoms with Crippen LogP contribution in [-0.2, 0) is 33.3 Å². The van der Waals surface area contributed by atoms with Crippen LogP contribution in [0.2, 0.25) is 0 Å². The van der Waals surface area contributed by atoms with Crippen molar-refractivity contribution >= 4 is 17.9 Å². The molecular formula is C20H28O7. The lowest BCUT2D eigenvalue weighted by Crippen LogP contribution is -2.38. The summed E-state index contributed by atoms with van der Waals surface area (Å²) in [5.41, 5.74) is 0.640. The van der Waals surface area contributed by atoms with Gasteiger partial charge >= 0.3 is 17.9 Å².